The van der Waals surface area contributed by atoms with Gasteiger partial charge in [0.25, 0.3) is 5.91 Å². The van der Waals surface area contributed by atoms with E-state index in [1.165, 1.54) is 24.3 Å². The number of halogens is 1. The largest absolute Gasteiger partial charge is 0.361 e. The highest BCUT2D eigenvalue weighted by atomic mass is 35.5. The summed E-state index contributed by atoms with van der Waals surface area (Å²) >= 11 is 6.16. The van der Waals surface area contributed by atoms with Gasteiger partial charge >= 0.3 is 0 Å². The molecule has 2 amide bonds. The summed E-state index contributed by atoms with van der Waals surface area (Å²) < 4.78 is 22.9. The molecule has 0 fully saturated rings. The first kappa shape index (κ1) is 23.5. The van der Waals surface area contributed by atoms with Crippen molar-refractivity contribution in [2.75, 3.05) is 5.32 Å². The minimum absolute atomic E-state index is 0.0761. The number of rotatable bonds is 7. The van der Waals surface area contributed by atoms with Gasteiger partial charge in [-0.2, -0.15) is 0 Å². The van der Waals surface area contributed by atoms with E-state index in [9.17, 15) is 18.0 Å². The van der Waals surface area contributed by atoms with Gasteiger partial charge in [0.15, 0.2) is 0 Å². The van der Waals surface area contributed by atoms with E-state index in [0.717, 1.165) is 16.5 Å². The Balaban J connectivity index is 1.60. The molecule has 10 heteroatoms. The molecule has 8 nitrogen and oxygen atoms in total. The molecule has 4 aromatic rings. The van der Waals surface area contributed by atoms with Gasteiger partial charge in [0.2, 0.25) is 15.9 Å². The van der Waals surface area contributed by atoms with Gasteiger partial charge in [-0.3, -0.25) is 9.59 Å². The van der Waals surface area contributed by atoms with Crippen LogP contribution >= 0.6 is 11.6 Å². The molecule has 174 valence electrons. The molecule has 34 heavy (non-hydrogen) atoms. The number of aromatic nitrogens is 1. The summed E-state index contributed by atoms with van der Waals surface area (Å²) in [6, 6.07) is 18.7. The number of para-hydroxylation sites is 1. The lowest BCUT2D eigenvalue weighted by Gasteiger charge is -2.19. The van der Waals surface area contributed by atoms with Crippen molar-refractivity contribution in [1.82, 2.24) is 10.3 Å². The number of sulfonamides is 1. The molecule has 1 atom stereocenters. The van der Waals surface area contributed by atoms with Crippen molar-refractivity contribution < 1.29 is 18.0 Å². The number of nitrogens with two attached hydrogens (primary N) is 1. The standard InChI is InChI=1S/C24H21ClN4O4S/c25-20-7-3-1-6-19(20)23(30)29-22(13-15-14-27-21-8-4-2-5-18(15)21)24(31)28-16-9-11-17(12-10-16)34(26,32)33/h1-12,14,22,27H,13H2,(H,28,31)(H,29,30)(H2,26,32,33)/t22-/m0/s1. The van der Waals surface area contributed by atoms with Crippen LogP contribution in [0.5, 0.6) is 0 Å². The lowest BCUT2D eigenvalue weighted by atomic mass is 10.0. The van der Waals surface area contributed by atoms with Gasteiger partial charge in [0.05, 0.1) is 15.5 Å². The van der Waals surface area contributed by atoms with Crippen LogP contribution < -0.4 is 15.8 Å². The zero-order valence-electron chi connectivity index (χ0n) is 17.8. The molecule has 0 spiro atoms. The zero-order valence-corrected chi connectivity index (χ0v) is 19.4. The summed E-state index contributed by atoms with van der Waals surface area (Å²) in [7, 11) is -3.86. The number of primary sulfonamides is 1. The van der Waals surface area contributed by atoms with E-state index in [1.807, 2.05) is 24.3 Å². The average molecular weight is 497 g/mol. The van der Waals surface area contributed by atoms with E-state index in [4.69, 9.17) is 16.7 Å². The first-order chi connectivity index (χ1) is 16.2. The van der Waals surface area contributed by atoms with E-state index in [0.29, 0.717) is 5.69 Å². The van der Waals surface area contributed by atoms with E-state index < -0.39 is 27.9 Å². The fraction of sp³-hybridized carbons (Fsp3) is 0.0833. The minimum atomic E-state index is -3.86. The molecule has 0 aliphatic rings. The number of H-pyrrole nitrogens is 1. The number of fused-ring (bicyclic) bond motifs is 1. The molecule has 0 saturated heterocycles. The Bertz CT molecular complexity index is 1470. The highest BCUT2D eigenvalue weighted by Crippen LogP contribution is 2.21. The van der Waals surface area contributed by atoms with Crippen molar-refractivity contribution in [3.8, 4) is 0 Å². The number of nitrogens with one attached hydrogen (secondary N) is 3. The first-order valence-electron chi connectivity index (χ1n) is 10.3. The maximum atomic E-state index is 13.2. The SMILES string of the molecule is NS(=O)(=O)c1ccc(NC(=O)[C@H](Cc2c[nH]c3ccccc23)NC(=O)c2ccccc2Cl)cc1. The summed E-state index contributed by atoms with van der Waals surface area (Å²) in [5.41, 5.74) is 2.36. The smallest absolute Gasteiger partial charge is 0.253 e. The van der Waals surface area contributed by atoms with Crippen LogP contribution in [0.1, 0.15) is 15.9 Å². The van der Waals surface area contributed by atoms with Crippen molar-refractivity contribution in [2.45, 2.75) is 17.4 Å². The Labute approximate surface area is 201 Å². The molecule has 5 N–H and O–H groups in total. The number of carbonyl (C=O) groups is 2. The van der Waals surface area contributed by atoms with Gasteiger partial charge in [0, 0.05) is 29.2 Å². The van der Waals surface area contributed by atoms with Crippen LogP contribution in [-0.2, 0) is 21.2 Å². The van der Waals surface area contributed by atoms with Crippen LogP contribution in [0, 0.1) is 0 Å². The quantitative estimate of drug-likeness (QED) is 0.311. The third-order valence-corrected chi connectivity index (χ3v) is 6.55. The second kappa shape index (κ2) is 9.68. The van der Waals surface area contributed by atoms with Crippen molar-refractivity contribution in [3.63, 3.8) is 0 Å². The summed E-state index contributed by atoms with van der Waals surface area (Å²) in [5, 5.41) is 11.8. The molecular weight excluding hydrogens is 476 g/mol. The molecule has 0 aliphatic carbocycles. The second-order valence-corrected chi connectivity index (χ2v) is 9.60. The Morgan fingerprint density at radius 3 is 2.35 bits per heavy atom. The lowest BCUT2D eigenvalue weighted by Crippen LogP contribution is -2.45. The van der Waals surface area contributed by atoms with Gasteiger partial charge < -0.3 is 15.6 Å². The molecule has 0 radical (unpaired) electrons. The summed E-state index contributed by atoms with van der Waals surface area (Å²) in [5.74, 6) is -0.968. The third kappa shape index (κ3) is 5.28. The highest BCUT2D eigenvalue weighted by Gasteiger charge is 2.24. The van der Waals surface area contributed by atoms with E-state index in [-0.39, 0.29) is 21.9 Å². The number of hydrogen-bond acceptors (Lipinski definition) is 4. The summed E-state index contributed by atoms with van der Waals surface area (Å²) in [4.78, 5) is 29.2. The third-order valence-electron chi connectivity index (χ3n) is 5.29. The molecule has 3 aromatic carbocycles. The van der Waals surface area contributed by atoms with Crippen molar-refractivity contribution in [2.24, 2.45) is 5.14 Å². The molecule has 0 saturated carbocycles. The van der Waals surface area contributed by atoms with Crippen LogP contribution in [0.15, 0.2) is 83.9 Å². The summed E-state index contributed by atoms with van der Waals surface area (Å²) in [6.07, 6.45) is 2.01. The lowest BCUT2D eigenvalue weighted by molar-refractivity contribution is -0.118. The first-order valence-corrected chi connectivity index (χ1v) is 12.2. The van der Waals surface area contributed by atoms with Gasteiger partial charge in [-0.15, -0.1) is 0 Å². The average Bonchev–Trinajstić information content (AvgIpc) is 3.21. The van der Waals surface area contributed by atoms with Gasteiger partial charge in [-0.05, 0) is 48.0 Å². The fourth-order valence-corrected chi connectivity index (χ4v) is 4.31. The monoisotopic (exact) mass is 496 g/mol. The summed E-state index contributed by atoms with van der Waals surface area (Å²) in [6.45, 7) is 0. The fourth-order valence-electron chi connectivity index (χ4n) is 3.57. The van der Waals surface area contributed by atoms with Crippen LogP contribution in [0.4, 0.5) is 5.69 Å². The Hall–Kier alpha value is -3.66. The number of hydrogen-bond donors (Lipinski definition) is 4. The van der Waals surface area contributed by atoms with Crippen molar-refractivity contribution in [3.05, 3.63) is 95.1 Å². The Morgan fingerprint density at radius 1 is 0.971 bits per heavy atom. The molecule has 1 aromatic heterocycles. The topological polar surface area (TPSA) is 134 Å². The van der Waals surface area contributed by atoms with Gasteiger partial charge in [0.1, 0.15) is 6.04 Å². The number of carbonyl (C=O) groups excluding carboxylic acids is 2. The van der Waals surface area contributed by atoms with E-state index in [1.54, 1.807) is 30.5 Å². The molecule has 0 unspecified atom stereocenters. The van der Waals surface area contributed by atoms with Gasteiger partial charge in [-0.1, -0.05) is 41.9 Å². The predicted octanol–water partition coefficient (Wildman–Crippen LogP) is 3.45. The molecule has 0 aliphatic heterocycles. The molecule has 1 heterocycles. The zero-order chi connectivity index (χ0) is 24.3. The normalized spacial score (nSPS) is 12.3. The second-order valence-electron chi connectivity index (χ2n) is 7.63. The van der Waals surface area contributed by atoms with Crippen LogP contribution in [0.25, 0.3) is 10.9 Å². The maximum absolute atomic E-state index is 13.2. The van der Waals surface area contributed by atoms with E-state index in [2.05, 4.69) is 15.6 Å². The molecule has 0 bridgehead atoms. The molecular formula is C24H21ClN4O4S. The van der Waals surface area contributed by atoms with Crippen LogP contribution in [0.3, 0.4) is 0 Å². The predicted molar refractivity (Wildman–Crippen MR) is 131 cm³/mol. The Kier molecular flexibility index (Phi) is 6.69. The number of benzene rings is 3. The Morgan fingerprint density at radius 2 is 1.65 bits per heavy atom. The highest BCUT2D eigenvalue weighted by molar-refractivity contribution is 7.89. The minimum Gasteiger partial charge on any atom is -0.361 e. The maximum Gasteiger partial charge on any atom is 0.253 e. The number of amides is 2. The van der Waals surface area contributed by atoms with Crippen molar-refractivity contribution >= 4 is 50.0 Å². The number of anilines is 1. The van der Waals surface area contributed by atoms with Gasteiger partial charge in [-0.25, -0.2) is 13.6 Å². The van der Waals surface area contributed by atoms with Crippen LogP contribution in [-0.4, -0.2) is 31.3 Å². The van der Waals surface area contributed by atoms with Crippen molar-refractivity contribution in [1.29, 1.82) is 0 Å². The van der Waals surface area contributed by atoms with E-state index >= 15 is 0 Å². The van der Waals surface area contributed by atoms with Crippen LogP contribution in [0.2, 0.25) is 5.02 Å². The number of aromatic amines is 1. The molecule has 4 rings (SSSR count).